The summed E-state index contributed by atoms with van der Waals surface area (Å²) in [5, 5.41) is 5.53. The van der Waals surface area contributed by atoms with Crippen molar-refractivity contribution in [3.05, 3.63) is 89.6 Å². The second kappa shape index (κ2) is 9.88. The van der Waals surface area contributed by atoms with Crippen molar-refractivity contribution in [2.75, 3.05) is 18.2 Å². The van der Waals surface area contributed by atoms with Crippen molar-refractivity contribution < 1.29 is 14.3 Å². The van der Waals surface area contributed by atoms with Crippen molar-refractivity contribution in [2.24, 2.45) is 0 Å². The predicted molar refractivity (Wildman–Crippen MR) is 117 cm³/mol. The van der Waals surface area contributed by atoms with Crippen molar-refractivity contribution in [2.45, 2.75) is 6.54 Å². The second-order valence-electron chi connectivity index (χ2n) is 6.42. The van der Waals surface area contributed by atoms with E-state index >= 15 is 0 Å². The first-order valence-corrected chi connectivity index (χ1v) is 9.26. The molecule has 7 nitrogen and oxygen atoms in total. The lowest BCUT2D eigenvalue weighted by Gasteiger charge is -2.08. The van der Waals surface area contributed by atoms with E-state index in [1.807, 2.05) is 24.3 Å². The van der Waals surface area contributed by atoms with Crippen molar-refractivity contribution in [1.82, 2.24) is 10.3 Å². The first kappa shape index (κ1) is 20.6. The molecule has 0 radical (unpaired) electrons. The number of methoxy groups -OCH3 is 1. The molecular weight excluding hydrogens is 380 g/mol. The van der Waals surface area contributed by atoms with Crippen LogP contribution in [-0.2, 0) is 11.3 Å². The van der Waals surface area contributed by atoms with Gasteiger partial charge in [0.25, 0.3) is 5.91 Å². The Morgan fingerprint density at radius 1 is 1.10 bits per heavy atom. The normalized spacial score (nSPS) is 10.6. The molecule has 1 aromatic heterocycles. The molecule has 7 heteroatoms. The topological polar surface area (TPSA) is 106 Å². The van der Waals surface area contributed by atoms with E-state index in [-0.39, 0.29) is 17.6 Å². The van der Waals surface area contributed by atoms with Gasteiger partial charge in [0.1, 0.15) is 11.6 Å². The summed E-state index contributed by atoms with van der Waals surface area (Å²) >= 11 is 0. The van der Waals surface area contributed by atoms with E-state index in [9.17, 15) is 9.59 Å². The minimum Gasteiger partial charge on any atom is -0.497 e. The summed E-state index contributed by atoms with van der Waals surface area (Å²) in [4.78, 5) is 28.3. The number of nitrogens with one attached hydrogen (secondary N) is 2. The lowest BCUT2D eigenvalue weighted by atomic mass is 10.1. The van der Waals surface area contributed by atoms with Gasteiger partial charge in [0.15, 0.2) is 0 Å². The van der Waals surface area contributed by atoms with Crippen LogP contribution in [0.15, 0.2) is 72.9 Å². The van der Waals surface area contributed by atoms with Crippen LogP contribution in [0.25, 0.3) is 6.08 Å². The molecule has 0 aliphatic carbocycles. The highest BCUT2D eigenvalue weighted by Crippen LogP contribution is 2.16. The molecule has 4 N–H and O–H groups in total. The van der Waals surface area contributed by atoms with Gasteiger partial charge in [-0.05, 0) is 53.6 Å². The third-order valence-corrected chi connectivity index (χ3v) is 4.29. The SMILES string of the molecule is COc1cccc(/C=C/C(=O)NCc2ccc(C(=O)Nc3cccnc3N)cc2)c1. The molecule has 0 fully saturated rings. The zero-order valence-electron chi connectivity index (χ0n) is 16.5. The van der Waals surface area contributed by atoms with E-state index < -0.39 is 0 Å². The van der Waals surface area contributed by atoms with Gasteiger partial charge in [-0.15, -0.1) is 0 Å². The van der Waals surface area contributed by atoms with Crippen LogP contribution < -0.4 is 21.1 Å². The van der Waals surface area contributed by atoms with Crippen molar-refractivity contribution in [1.29, 1.82) is 0 Å². The Hall–Kier alpha value is -4.13. The van der Waals surface area contributed by atoms with E-state index in [0.29, 0.717) is 17.8 Å². The zero-order chi connectivity index (χ0) is 21.3. The molecule has 0 spiro atoms. The van der Waals surface area contributed by atoms with Gasteiger partial charge in [0.2, 0.25) is 5.91 Å². The third kappa shape index (κ3) is 5.68. The van der Waals surface area contributed by atoms with Crippen molar-refractivity contribution in [3.63, 3.8) is 0 Å². The molecule has 2 aromatic carbocycles. The van der Waals surface area contributed by atoms with Crippen LogP contribution in [0.4, 0.5) is 11.5 Å². The van der Waals surface area contributed by atoms with Gasteiger partial charge in [0.05, 0.1) is 12.8 Å². The van der Waals surface area contributed by atoms with Crippen molar-refractivity contribution in [3.8, 4) is 5.75 Å². The minimum atomic E-state index is -0.286. The van der Waals surface area contributed by atoms with Gasteiger partial charge in [0, 0.05) is 24.4 Å². The monoisotopic (exact) mass is 402 g/mol. The number of rotatable bonds is 7. The number of ether oxygens (including phenoxy) is 1. The van der Waals surface area contributed by atoms with E-state index in [2.05, 4.69) is 15.6 Å². The molecule has 0 bridgehead atoms. The Bertz CT molecular complexity index is 1060. The van der Waals surface area contributed by atoms with E-state index in [0.717, 1.165) is 16.9 Å². The first-order valence-electron chi connectivity index (χ1n) is 9.26. The minimum absolute atomic E-state index is 0.216. The molecule has 0 saturated heterocycles. The molecule has 0 saturated carbocycles. The highest BCUT2D eigenvalue weighted by molar-refractivity contribution is 6.05. The predicted octanol–water partition coefficient (Wildman–Crippen LogP) is 3.25. The number of hydrogen-bond donors (Lipinski definition) is 3. The maximum absolute atomic E-state index is 12.3. The van der Waals surface area contributed by atoms with E-state index in [4.69, 9.17) is 10.5 Å². The molecule has 1 heterocycles. The van der Waals surface area contributed by atoms with Gasteiger partial charge in [-0.1, -0.05) is 24.3 Å². The second-order valence-corrected chi connectivity index (χ2v) is 6.42. The molecule has 2 amide bonds. The number of carbonyl (C=O) groups excluding carboxylic acids is 2. The van der Waals surface area contributed by atoms with Gasteiger partial charge < -0.3 is 21.1 Å². The van der Waals surface area contributed by atoms with E-state index in [1.165, 1.54) is 6.08 Å². The fourth-order valence-corrected chi connectivity index (χ4v) is 2.66. The molecule has 3 aromatic rings. The lowest BCUT2D eigenvalue weighted by Crippen LogP contribution is -2.20. The average molecular weight is 402 g/mol. The maximum Gasteiger partial charge on any atom is 0.255 e. The highest BCUT2D eigenvalue weighted by Gasteiger charge is 2.08. The van der Waals surface area contributed by atoms with Crippen molar-refractivity contribution >= 4 is 29.4 Å². The van der Waals surface area contributed by atoms with Gasteiger partial charge in [-0.2, -0.15) is 0 Å². The summed E-state index contributed by atoms with van der Waals surface area (Å²) in [6, 6.07) is 17.8. The number of hydrogen-bond acceptors (Lipinski definition) is 5. The van der Waals surface area contributed by atoms with E-state index in [1.54, 1.807) is 55.8 Å². The number of amides is 2. The van der Waals surface area contributed by atoms with Gasteiger partial charge >= 0.3 is 0 Å². The zero-order valence-corrected chi connectivity index (χ0v) is 16.5. The highest BCUT2D eigenvalue weighted by atomic mass is 16.5. The number of anilines is 2. The summed E-state index contributed by atoms with van der Waals surface area (Å²) in [5.41, 5.74) is 8.42. The Kier molecular flexibility index (Phi) is 6.78. The average Bonchev–Trinajstić information content (AvgIpc) is 2.78. The number of aromatic nitrogens is 1. The number of nitrogens with zero attached hydrogens (tertiary/aromatic N) is 1. The summed E-state index contributed by atoms with van der Waals surface area (Å²) in [6.07, 6.45) is 4.74. The summed E-state index contributed by atoms with van der Waals surface area (Å²) in [5.74, 6) is 0.485. The Labute approximate surface area is 174 Å². The van der Waals surface area contributed by atoms with Crippen LogP contribution in [-0.4, -0.2) is 23.9 Å². The molecule has 0 unspecified atom stereocenters. The number of pyridine rings is 1. The van der Waals surface area contributed by atoms with Crippen LogP contribution in [0.2, 0.25) is 0 Å². The number of nitrogens with two attached hydrogens (primary N) is 1. The molecule has 3 rings (SSSR count). The fourth-order valence-electron chi connectivity index (χ4n) is 2.66. The standard InChI is InChI=1S/C23H22N4O3/c1-30-19-5-2-4-16(14-19)9-12-21(28)26-15-17-7-10-18(11-8-17)23(29)27-20-6-3-13-25-22(20)24/h2-14H,15H2,1H3,(H2,24,25)(H,26,28)(H,27,29)/b12-9+. The van der Waals surface area contributed by atoms with Gasteiger partial charge in [-0.25, -0.2) is 4.98 Å². The van der Waals surface area contributed by atoms with Gasteiger partial charge in [-0.3, -0.25) is 9.59 Å². The summed E-state index contributed by atoms with van der Waals surface area (Å²) in [7, 11) is 1.60. The largest absolute Gasteiger partial charge is 0.497 e. The van der Waals surface area contributed by atoms with Crippen LogP contribution in [0.5, 0.6) is 5.75 Å². The molecule has 0 atom stereocenters. The van der Waals surface area contributed by atoms with Crippen LogP contribution >= 0.6 is 0 Å². The van der Waals surface area contributed by atoms with Crippen LogP contribution in [0.1, 0.15) is 21.5 Å². The number of carbonyl (C=O) groups is 2. The lowest BCUT2D eigenvalue weighted by molar-refractivity contribution is -0.116. The smallest absolute Gasteiger partial charge is 0.255 e. The summed E-state index contributed by atoms with van der Waals surface area (Å²) in [6.45, 7) is 0.346. The molecular formula is C23H22N4O3. The third-order valence-electron chi connectivity index (χ3n) is 4.29. The van der Waals surface area contributed by atoms with Crippen LogP contribution in [0, 0.1) is 0 Å². The number of nitrogen functional groups attached to an aromatic ring is 1. The molecule has 30 heavy (non-hydrogen) atoms. The summed E-state index contributed by atoms with van der Waals surface area (Å²) < 4.78 is 5.16. The first-order chi connectivity index (χ1) is 14.5. The Morgan fingerprint density at radius 3 is 2.63 bits per heavy atom. The molecule has 0 aliphatic heterocycles. The Balaban J connectivity index is 1.52. The Morgan fingerprint density at radius 2 is 1.90 bits per heavy atom. The molecule has 152 valence electrons. The quantitative estimate of drug-likeness (QED) is 0.526. The fraction of sp³-hybridized carbons (Fsp3) is 0.0870. The molecule has 0 aliphatic rings. The maximum atomic E-state index is 12.3. The number of benzene rings is 2. The van der Waals surface area contributed by atoms with Crippen LogP contribution in [0.3, 0.4) is 0 Å².